The second-order valence-corrected chi connectivity index (χ2v) is 10.9. The lowest BCUT2D eigenvalue weighted by atomic mass is 9.44. The van der Waals surface area contributed by atoms with Crippen LogP contribution in [0.4, 0.5) is 0 Å². The maximum atomic E-state index is 12.8. The predicted molar refractivity (Wildman–Crippen MR) is 117 cm³/mol. The van der Waals surface area contributed by atoms with E-state index in [0.29, 0.717) is 36.7 Å². The molecule has 3 saturated carbocycles. The number of carbonyl (C=O) groups is 1. The highest BCUT2D eigenvalue weighted by atomic mass is 16.5. The lowest BCUT2D eigenvalue weighted by Crippen LogP contribution is -2.57. The molecule has 30 heavy (non-hydrogen) atoms. The van der Waals surface area contributed by atoms with Gasteiger partial charge in [-0.3, -0.25) is 0 Å². The molecule has 5 aliphatic carbocycles. The average Bonchev–Trinajstić information content (AvgIpc) is 3.38. The average molecular weight is 409 g/mol. The third kappa shape index (κ3) is 2.72. The smallest absolute Gasteiger partial charge is 0.130 e. The van der Waals surface area contributed by atoms with E-state index in [1.54, 1.807) is 0 Å². The van der Waals surface area contributed by atoms with Gasteiger partial charge in [-0.15, -0.1) is 6.42 Å². The monoisotopic (exact) mass is 408 g/mol. The zero-order chi connectivity index (χ0) is 21.0. The molecule has 0 aromatic carbocycles. The number of aliphatic hydroxyl groups is 1. The fourth-order valence-corrected chi connectivity index (χ4v) is 8.25. The number of ether oxygens (including phenoxy) is 1. The van der Waals surface area contributed by atoms with Crippen molar-refractivity contribution in [3.05, 3.63) is 23.5 Å². The first-order valence-corrected chi connectivity index (χ1v) is 12.2. The first-order chi connectivity index (χ1) is 14.5. The summed E-state index contributed by atoms with van der Waals surface area (Å²) < 4.78 is 6.28. The van der Waals surface area contributed by atoms with Gasteiger partial charge in [0.25, 0.3) is 0 Å². The molecule has 1 unspecified atom stereocenters. The minimum atomic E-state index is -1.000. The highest BCUT2D eigenvalue weighted by Crippen LogP contribution is 2.68. The third-order valence-corrected chi connectivity index (χ3v) is 9.86. The van der Waals surface area contributed by atoms with Gasteiger partial charge in [0.2, 0.25) is 0 Å². The second-order valence-electron chi connectivity index (χ2n) is 10.9. The maximum absolute atomic E-state index is 12.8. The maximum Gasteiger partial charge on any atom is 0.130 e. The Morgan fingerprint density at radius 3 is 2.73 bits per heavy atom. The number of carbonyl (C=O) groups excluding carboxylic acids is 1. The number of hydrogen-bond donors (Lipinski definition) is 1. The van der Waals surface area contributed by atoms with E-state index in [0.717, 1.165) is 63.5 Å². The normalized spacial score (nSPS) is 47.2. The van der Waals surface area contributed by atoms with E-state index in [1.165, 1.54) is 18.3 Å². The molecule has 0 aromatic heterocycles. The number of hydrogen-bond acceptors (Lipinski definition) is 3. The van der Waals surface area contributed by atoms with Gasteiger partial charge < -0.3 is 14.6 Å². The molecule has 3 nitrogen and oxygen atoms in total. The van der Waals surface area contributed by atoms with Crippen molar-refractivity contribution in [3.8, 4) is 12.3 Å². The van der Waals surface area contributed by atoms with Crippen molar-refractivity contribution in [2.45, 2.75) is 83.2 Å². The summed E-state index contributed by atoms with van der Waals surface area (Å²) in [6.45, 7) is 2.91. The van der Waals surface area contributed by atoms with Crippen LogP contribution in [-0.2, 0) is 9.53 Å². The molecule has 0 spiro atoms. The van der Waals surface area contributed by atoms with Crippen LogP contribution in [0.3, 0.4) is 0 Å². The molecule has 5 aliphatic rings. The number of rotatable bonds is 4. The molecule has 0 aromatic rings. The zero-order valence-corrected chi connectivity index (χ0v) is 18.4. The highest BCUT2D eigenvalue weighted by molar-refractivity contribution is 5.67. The Bertz CT molecular complexity index is 818. The van der Waals surface area contributed by atoms with E-state index in [-0.39, 0.29) is 10.8 Å². The molecule has 0 bridgehead atoms. The van der Waals surface area contributed by atoms with Crippen molar-refractivity contribution < 1.29 is 14.6 Å². The van der Waals surface area contributed by atoms with Crippen LogP contribution in [0.5, 0.6) is 0 Å². The molecule has 0 saturated heterocycles. The van der Waals surface area contributed by atoms with E-state index >= 15 is 0 Å². The van der Waals surface area contributed by atoms with Crippen LogP contribution in [0.1, 0.15) is 77.6 Å². The number of allylic oxidation sites excluding steroid dienone is 3. The van der Waals surface area contributed by atoms with Crippen LogP contribution in [0.15, 0.2) is 23.5 Å². The molecule has 7 atom stereocenters. The van der Waals surface area contributed by atoms with Crippen LogP contribution in [0.2, 0.25) is 0 Å². The Kier molecular flexibility index (Phi) is 4.93. The molecule has 162 valence electrons. The van der Waals surface area contributed by atoms with Crippen molar-refractivity contribution in [3.63, 3.8) is 0 Å². The predicted octanol–water partition coefficient (Wildman–Crippen LogP) is 5.19. The van der Waals surface area contributed by atoms with Crippen molar-refractivity contribution in [1.29, 1.82) is 0 Å². The molecular formula is C27H36O3. The Morgan fingerprint density at radius 2 is 2.00 bits per heavy atom. The molecule has 3 heteroatoms. The lowest BCUT2D eigenvalue weighted by Gasteiger charge is -2.59. The van der Waals surface area contributed by atoms with Crippen LogP contribution in [0, 0.1) is 46.8 Å². The highest BCUT2D eigenvalue weighted by Gasteiger charge is 2.65. The van der Waals surface area contributed by atoms with E-state index < -0.39 is 5.60 Å². The fraction of sp³-hybridized carbons (Fsp3) is 0.741. The van der Waals surface area contributed by atoms with Crippen LogP contribution >= 0.6 is 0 Å². The SMILES string of the molecule is C#C[C@]1(O)CC[C@H]2[C@@H]3CC(COC4=CCCC4)C4=CCCC[C@]4(C=O)[C@H]3CC[C@@]21C. The lowest BCUT2D eigenvalue weighted by molar-refractivity contribution is -0.135. The zero-order valence-electron chi connectivity index (χ0n) is 18.4. The molecule has 0 heterocycles. The summed E-state index contributed by atoms with van der Waals surface area (Å²) in [6, 6.07) is 0. The van der Waals surface area contributed by atoms with Gasteiger partial charge in [0.05, 0.1) is 17.8 Å². The largest absolute Gasteiger partial charge is 0.498 e. The van der Waals surface area contributed by atoms with Gasteiger partial charge in [-0.25, -0.2) is 0 Å². The van der Waals surface area contributed by atoms with Crippen molar-refractivity contribution in [2.24, 2.45) is 34.5 Å². The third-order valence-electron chi connectivity index (χ3n) is 9.86. The summed E-state index contributed by atoms with van der Waals surface area (Å²) >= 11 is 0. The molecule has 0 radical (unpaired) electrons. The van der Waals surface area contributed by atoms with Gasteiger partial charge >= 0.3 is 0 Å². The quantitative estimate of drug-likeness (QED) is 0.395. The van der Waals surface area contributed by atoms with Gasteiger partial charge in [-0.1, -0.05) is 24.5 Å². The van der Waals surface area contributed by atoms with E-state index in [4.69, 9.17) is 11.2 Å². The molecule has 5 rings (SSSR count). The second kappa shape index (κ2) is 7.27. The number of terminal acetylenes is 1. The van der Waals surface area contributed by atoms with Gasteiger partial charge in [-0.2, -0.15) is 0 Å². The van der Waals surface area contributed by atoms with Crippen LogP contribution in [-0.4, -0.2) is 23.6 Å². The van der Waals surface area contributed by atoms with Gasteiger partial charge in [-0.05, 0) is 88.0 Å². The minimum absolute atomic E-state index is 0.234. The molecule has 0 amide bonds. The molecule has 1 N–H and O–H groups in total. The van der Waals surface area contributed by atoms with Gasteiger partial charge in [0.1, 0.15) is 11.9 Å². The molecule has 0 aliphatic heterocycles. The molecular weight excluding hydrogens is 372 g/mol. The van der Waals surface area contributed by atoms with E-state index in [1.807, 2.05) is 0 Å². The first-order valence-electron chi connectivity index (χ1n) is 12.2. The van der Waals surface area contributed by atoms with Crippen molar-refractivity contribution >= 4 is 6.29 Å². The Morgan fingerprint density at radius 1 is 1.20 bits per heavy atom. The Labute approximate surface area is 181 Å². The fourth-order valence-electron chi connectivity index (χ4n) is 8.25. The van der Waals surface area contributed by atoms with Gasteiger partial charge in [0.15, 0.2) is 0 Å². The summed E-state index contributed by atoms with van der Waals surface area (Å²) in [4.78, 5) is 12.8. The van der Waals surface area contributed by atoms with E-state index in [2.05, 4.69) is 25.0 Å². The van der Waals surface area contributed by atoms with E-state index in [9.17, 15) is 9.90 Å². The summed E-state index contributed by atoms with van der Waals surface area (Å²) in [7, 11) is 0. The standard InChI is InChI=1S/C27H36O3/c1-3-27(29)15-12-23-21-16-19(17-30-20-8-4-5-9-20)22-10-6-7-13-26(22,18-28)24(21)11-14-25(23,27)2/h1,8,10,18-19,21,23-24,29H,4-7,9,11-17H2,2H3/t19?,21-,23-,24-,25-,26+,27-/m0/s1. The van der Waals surface area contributed by atoms with Crippen molar-refractivity contribution in [2.75, 3.05) is 6.61 Å². The Hall–Kier alpha value is -1.53. The summed E-state index contributed by atoms with van der Waals surface area (Å²) in [5.74, 6) is 5.44. The van der Waals surface area contributed by atoms with Crippen molar-refractivity contribution in [1.82, 2.24) is 0 Å². The topological polar surface area (TPSA) is 46.5 Å². The Balaban J connectivity index is 1.49. The van der Waals surface area contributed by atoms with Crippen LogP contribution < -0.4 is 0 Å². The number of aldehydes is 1. The number of fused-ring (bicyclic) bond motifs is 5. The molecule has 3 fully saturated rings. The summed E-state index contributed by atoms with van der Waals surface area (Å²) in [6.07, 6.45) is 22.9. The van der Waals surface area contributed by atoms with Gasteiger partial charge in [0, 0.05) is 17.8 Å². The summed E-state index contributed by atoms with van der Waals surface area (Å²) in [5, 5.41) is 11.3. The minimum Gasteiger partial charge on any atom is -0.498 e. The summed E-state index contributed by atoms with van der Waals surface area (Å²) in [5.41, 5.74) is -0.183. The first kappa shape index (κ1) is 20.4. The van der Waals surface area contributed by atoms with Crippen LogP contribution in [0.25, 0.3) is 0 Å².